The van der Waals surface area contributed by atoms with Gasteiger partial charge in [0, 0.05) is 13.1 Å². The Morgan fingerprint density at radius 3 is 1.91 bits per heavy atom. The Hall–Kier alpha value is -2.17. The molecule has 0 unspecified atom stereocenters. The summed E-state index contributed by atoms with van der Waals surface area (Å²) in [6.07, 6.45) is 0.0137. The summed E-state index contributed by atoms with van der Waals surface area (Å²) in [6.45, 7) is 0.898. The zero-order valence-corrected chi connectivity index (χ0v) is 12.4. The maximum absolute atomic E-state index is 11.1. The third-order valence-electron chi connectivity index (χ3n) is 4.09. The highest BCUT2D eigenvalue weighted by Crippen LogP contribution is 2.36. The van der Waals surface area contributed by atoms with Crippen LogP contribution in [0.4, 0.5) is 0 Å². The van der Waals surface area contributed by atoms with Crippen LogP contribution >= 0.6 is 0 Å². The number of carbonyl (C=O) groups excluding carboxylic acids is 1. The molecule has 1 saturated heterocycles. The van der Waals surface area contributed by atoms with Gasteiger partial charge in [-0.1, -0.05) is 60.7 Å². The van der Waals surface area contributed by atoms with E-state index < -0.39 is 11.5 Å². The molecule has 1 aliphatic heterocycles. The Morgan fingerprint density at radius 1 is 1.05 bits per heavy atom. The van der Waals surface area contributed by atoms with E-state index in [1.54, 1.807) is 0 Å². The van der Waals surface area contributed by atoms with E-state index in [-0.39, 0.29) is 12.5 Å². The van der Waals surface area contributed by atoms with Crippen LogP contribution in [0.3, 0.4) is 0 Å². The number of aliphatic hydroxyl groups is 1. The lowest BCUT2D eigenvalue weighted by Crippen LogP contribution is -2.63. The van der Waals surface area contributed by atoms with E-state index in [2.05, 4.69) is 29.2 Å². The van der Waals surface area contributed by atoms with Crippen LogP contribution in [0.2, 0.25) is 0 Å². The topological polar surface area (TPSA) is 66.6 Å². The fraction of sp³-hybridized carbons (Fsp3) is 0.278. The van der Waals surface area contributed by atoms with E-state index in [0.717, 1.165) is 0 Å². The molecule has 3 rings (SSSR count). The van der Waals surface area contributed by atoms with Gasteiger partial charge in [0.25, 0.3) is 0 Å². The molecule has 114 valence electrons. The second kappa shape index (κ2) is 5.91. The van der Waals surface area contributed by atoms with Gasteiger partial charge in [-0.05, 0) is 11.1 Å². The van der Waals surface area contributed by atoms with Crippen molar-refractivity contribution in [2.45, 2.75) is 18.1 Å². The second-order valence-electron chi connectivity index (χ2n) is 6.00. The van der Waals surface area contributed by atoms with Gasteiger partial charge in [0.15, 0.2) is 0 Å². The van der Waals surface area contributed by atoms with Crippen molar-refractivity contribution < 1.29 is 9.90 Å². The number of nitrogens with two attached hydrogens (primary N) is 1. The largest absolute Gasteiger partial charge is 0.387 e. The van der Waals surface area contributed by atoms with E-state index in [4.69, 9.17) is 5.73 Å². The first kappa shape index (κ1) is 14.8. The Bertz CT molecular complexity index is 597. The van der Waals surface area contributed by atoms with Crippen LogP contribution in [-0.4, -0.2) is 34.6 Å². The minimum absolute atomic E-state index is 0.0137. The normalized spacial score (nSPS) is 17.2. The summed E-state index contributed by atoms with van der Waals surface area (Å²) in [5.41, 5.74) is 6.57. The molecule has 1 heterocycles. The van der Waals surface area contributed by atoms with Crippen molar-refractivity contribution in [1.82, 2.24) is 4.90 Å². The van der Waals surface area contributed by atoms with Gasteiger partial charge >= 0.3 is 0 Å². The number of nitrogens with zero attached hydrogens (tertiary/aromatic N) is 1. The van der Waals surface area contributed by atoms with Crippen LogP contribution in [0.15, 0.2) is 60.7 Å². The molecule has 2 aromatic carbocycles. The van der Waals surface area contributed by atoms with Crippen LogP contribution in [-0.2, 0) is 4.79 Å². The summed E-state index contributed by atoms with van der Waals surface area (Å²) < 4.78 is 0. The number of primary amides is 1. The van der Waals surface area contributed by atoms with Crippen molar-refractivity contribution in [3.05, 3.63) is 71.8 Å². The molecule has 1 amide bonds. The van der Waals surface area contributed by atoms with Gasteiger partial charge in [-0.3, -0.25) is 9.69 Å². The van der Waals surface area contributed by atoms with Gasteiger partial charge in [-0.2, -0.15) is 0 Å². The lowest BCUT2D eigenvalue weighted by atomic mass is 9.85. The minimum atomic E-state index is -0.992. The summed E-state index contributed by atoms with van der Waals surface area (Å²) in [6, 6.07) is 20.5. The molecule has 1 fully saturated rings. The van der Waals surface area contributed by atoms with Crippen molar-refractivity contribution in [1.29, 1.82) is 0 Å². The third kappa shape index (κ3) is 3.03. The zero-order valence-electron chi connectivity index (χ0n) is 12.4. The molecule has 0 bridgehead atoms. The molecule has 4 nitrogen and oxygen atoms in total. The summed E-state index contributed by atoms with van der Waals surface area (Å²) in [4.78, 5) is 13.2. The molecule has 0 spiro atoms. The highest BCUT2D eigenvalue weighted by molar-refractivity contribution is 5.75. The van der Waals surface area contributed by atoms with E-state index in [9.17, 15) is 9.90 Å². The minimum Gasteiger partial charge on any atom is -0.387 e. The van der Waals surface area contributed by atoms with E-state index in [0.29, 0.717) is 13.1 Å². The highest BCUT2D eigenvalue weighted by atomic mass is 16.3. The molecule has 0 saturated carbocycles. The van der Waals surface area contributed by atoms with Crippen molar-refractivity contribution in [2.75, 3.05) is 13.1 Å². The van der Waals surface area contributed by atoms with Crippen LogP contribution in [0.25, 0.3) is 0 Å². The SMILES string of the molecule is NC(=O)CC1(O)CN(C(c2ccccc2)c2ccccc2)C1. The van der Waals surface area contributed by atoms with E-state index in [1.807, 2.05) is 36.4 Å². The smallest absolute Gasteiger partial charge is 0.220 e. The molecule has 0 atom stereocenters. The third-order valence-corrected chi connectivity index (χ3v) is 4.09. The Morgan fingerprint density at radius 2 is 1.50 bits per heavy atom. The van der Waals surface area contributed by atoms with Gasteiger partial charge in [0.05, 0.1) is 18.1 Å². The molecular weight excluding hydrogens is 276 g/mol. The van der Waals surface area contributed by atoms with E-state index >= 15 is 0 Å². The number of hydrogen-bond acceptors (Lipinski definition) is 3. The first-order valence-corrected chi connectivity index (χ1v) is 7.42. The summed E-state index contributed by atoms with van der Waals surface area (Å²) in [5.74, 6) is -0.460. The fourth-order valence-corrected chi connectivity index (χ4v) is 3.21. The van der Waals surface area contributed by atoms with E-state index in [1.165, 1.54) is 11.1 Å². The van der Waals surface area contributed by atoms with Crippen LogP contribution in [0.1, 0.15) is 23.6 Å². The Kier molecular flexibility index (Phi) is 3.96. The molecule has 1 aliphatic rings. The number of rotatable bonds is 5. The number of hydrogen-bond donors (Lipinski definition) is 2. The molecule has 0 aromatic heterocycles. The van der Waals surface area contributed by atoms with Gasteiger partial charge in [0.1, 0.15) is 0 Å². The average molecular weight is 296 g/mol. The first-order valence-electron chi connectivity index (χ1n) is 7.42. The fourth-order valence-electron chi connectivity index (χ4n) is 3.21. The predicted octanol–water partition coefficient (Wildman–Crippen LogP) is 1.70. The van der Waals surface area contributed by atoms with Crippen molar-refractivity contribution in [2.24, 2.45) is 5.73 Å². The van der Waals surface area contributed by atoms with Crippen LogP contribution in [0, 0.1) is 0 Å². The molecule has 22 heavy (non-hydrogen) atoms. The van der Waals surface area contributed by atoms with Crippen molar-refractivity contribution >= 4 is 5.91 Å². The number of likely N-dealkylation sites (tertiary alicyclic amines) is 1. The molecule has 3 N–H and O–H groups in total. The van der Waals surface area contributed by atoms with Gasteiger partial charge in [-0.25, -0.2) is 0 Å². The predicted molar refractivity (Wildman–Crippen MR) is 85.1 cm³/mol. The maximum atomic E-state index is 11.1. The van der Waals surface area contributed by atoms with Gasteiger partial charge in [0.2, 0.25) is 5.91 Å². The van der Waals surface area contributed by atoms with Crippen LogP contribution < -0.4 is 5.73 Å². The monoisotopic (exact) mass is 296 g/mol. The Labute approximate surface area is 130 Å². The second-order valence-corrected chi connectivity index (χ2v) is 6.00. The maximum Gasteiger partial charge on any atom is 0.220 e. The molecule has 2 aromatic rings. The zero-order chi connectivity index (χ0) is 15.6. The van der Waals surface area contributed by atoms with Crippen molar-refractivity contribution in [3.8, 4) is 0 Å². The summed E-state index contributed by atoms with van der Waals surface area (Å²) in [5, 5.41) is 10.4. The van der Waals surface area contributed by atoms with Crippen molar-refractivity contribution in [3.63, 3.8) is 0 Å². The number of β-amino-alcohol motifs (C(OH)–C–C–N with tert-alkyl or cyclic N) is 1. The number of benzene rings is 2. The summed E-state index contributed by atoms with van der Waals surface area (Å²) in [7, 11) is 0. The molecular formula is C18H20N2O2. The Balaban J connectivity index is 1.84. The molecule has 0 aliphatic carbocycles. The van der Waals surface area contributed by atoms with Gasteiger partial charge in [-0.15, -0.1) is 0 Å². The highest BCUT2D eigenvalue weighted by Gasteiger charge is 2.45. The molecule has 0 radical (unpaired) electrons. The quantitative estimate of drug-likeness (QED) is 0.882. The lowest BCUT2D eigenvalue weighted by Gasteiger charge is -2.50. The first-order chi connectivity index (χ1) is 10.6. The molecule has 4 heteroatoms. The summed E-state index contributed by atoms with van der Waals surface area (Å²) >= 11 is 0. The average Bonchev–Trinajstić information content (AvgIpc) is 2.47. The van der Waals surface area contributed by atoms with Gasteiger partial charge < -0.3 is 10.8 Å². The standard InChI is InChI=1S/C18H20N2O2/c19-16(21)11-18(22)12-20(13-18)17(14-7-3-1-4-8-14)15-9-5-2-6-10-15/h1-10,17,22H,11-13H2,(H2,19,21). The lowest BCUT2D eigenvalue weighted by molar-refractivity contribution is -0.139. The number of carbonyl (C=O) groups is 1. The number of amides is 1. The van der Waals surface area contributed by atoms with Crippen LogP contribution in [0.5, 0.6) is 0 Å².